The van der Waals surface area contributed by atoms with Gasteiger partial charge in [-0.2, -0.15) is 5.10 Å². The maximum Gasteiger partial charge on any atom is 0.412 e. The molecule has 0 radical (unpaired) electrons. The van der Waals surface area contributed by atoms with E-state index in [9.17, 15) is 9.59 Å². The van der Waals surface area contributed by atoms with E-state index in [1.165, 1.54) is 6.92 Å². The van der Waals surface area contributed by atoms with Crippen molar-refractivity contribution in [1.29, 1.82) is 0 Å². The second-order valence-corrected chi connectivity index (χ2v) is 6.80. The van der Waals surface area contributed by atoms with Crippen molar-refractivity contribution >= 4 is 23.5 Å². The Morgan fingerprint density at radius 1 is 1.20 bits per heavy atom. The van der Waals surface area contributed by atoms with Gasteiger partial charge in [-0.15, -0.1) is 0 Å². The molecule has 2 rings (SSSR count). The Morgan fingerprint density at radius 2 is 1.92 bits per heavy atom. The molecule has 134 valence electrons. The summed E-state index contributed by atoms with van der Waals surface area (Å²) in [5.74, 6) is 0.346. The van der Waals surface area contributed by atoms with E-state index < -0.39 is 11.7 Å². The Balaban J connectivity index is 2.11. The third-order valence-corrected chi connectivity index (χ3v) is 3.36. The van der Waals surface area contributed by atoms with E-state index in [0.29, 0.717) is 18.1 Å². The molecule has 1 aromatic carbocycles. The van der Waals surface area contributed by atoms with E-state index in [0.717, 1.165) is 11.1 Å². The minimum Gasteiger partial charge on any atom is -0.444 e. The number of hydrogen-bond acceptors (Lipinski definition) is 4. The summed E-state index contributed by atoms with van der Waals surface area (Å²) in [7, 11) is 0. The van der Waals surface area contributed by atoms with Crippen LogP contribution < -0.4 is 10.6 Å². The van der Waals surface area contributed by atoms with E-state index >= 15 is 0 Å². The van der Waals surface area contributed by atoms with E-state index in [4.69, 9.17) is 4.74 Å². The molecule has 0 aliphatic heterocycles. The van der Waals surface area contributed by atoms with Crippen molar-refractivity contribution in [3.8, 4) is 0 Å². The zero-order chi connectivity index (χ0) is 18.6. The molecule has 7 heteroatoms. The summed E-state index contributed by atoms with van der Waals surface area (Å²) in [4.78, 5) is 23.0. The van der Waals surface area contributed by atoms with Crippen LogP contribution in [0.25, 0.3) is 0 Å². The summed E-state index contributed by atoms with van der Waals surface area (Å²) in [6, 6.07) is 7.40. The summed E-state index contributed by atoms with van der Waals surface area (Å²) in [5, 5.41) is 9.72. The first-order valence-electron chi connectivity index (χ1n) is 8.03. The minimum atomic E-state index is -0.551. The van der Waals surface area contributed by atoms with Crippen LogP contribution in [0.15, 0.2) is 30.5 Å². The van der Waals surface area contributed by atoms with E-state index in [-0.39, 0.29) is 5.91 Å². The number of aromatic nitrogens is 2. The van der Waals surface area contributed by atoms with Crippen LogP contribution in [0.1, 0.15) is 38.8 Å². The SMILES string of the molecule is CC(=O)Nc1ccn(Cc2cccc(NC(=O)OC(C)(C)C)c2C)n1. The lowest BCUT2D eigenvalue weighted by Crippen LogP contribution is -2.27. The van der Waals surface area contributed by atoms with Gasteiger partial charge in [0.25, 0.3) is 0 Å². The number of nitrogens with zero attached hydrogens (tertiary/aromatic N) is 2. The van der Waals surface area contributed by atoms with Crippen LogP contribution in [0.5, 0.6) is 0 Å². The van der Waals surface area contributed by atoms with Gasteiger partial charge in [0, 0.05) is 24.9 Å². The first-order valence-corrected chi connectivity index (χ1v) is 8.03. The number of anilines is 2. The molecule has 0 aliphatic carbocycles. The highest BCUT2D eigenvalue weighted by Gasteiger charge is 2.17. The van der Waals surface area contributed by atoms with E-state index in [1.807, 2.05) is 45.9 Å². The van der Waals surface area contributed by atoms with E-state index in [2.05, 4.69) is 15.7 Å². The van der Waals surface area contributed by atoms with Crippen molar-refractivity contribution in [2.24, 2.45) is 0 Å². The number of hydrogen-bond donors (Lipinski definition) is 2. The molecule has 0 atom stereocenters. The molecule has 1 heterocycles. The standard InChI is InChI=1S/C18H24N4O3/c1-12-14(11-22-10-9-16(21-22)19-13(2)23)7-6-8-15(12)20-17(24)25-18(3,4)5/h6-10H,11H2,1-5H3,(H,20,24)(H,19,21,23). The highest BCUT2D eigenvalue weighted by molar-refractivity contribution is 5.87. The van der Waals surface area contributed by atoms with Crippen molar-refractivity contribution in [3.63, 3.8) is 0 Å². The normalized spacial score (nSPS) is 11.1. The van der Waals surface area contributed by atoms with Gasteiger partial charge in [0.1, 0.15) is 5.60 Å². The van der Waals surface area contributed by atoms with Crippen molar-refractivity contribution in [2.45, 2.75) is 46.8 Å². The summed E-state index contributed by atoms with van der Waals surface area (Å²) in [6.07, 6.45) is 1.30. The summed E-state index contributed by atoms with van der Waals surface area (Å²) in [6.45, 7) is 9.35. The first-order chi connectivity index (χ1) is 11.6. The van der Waals surface area contributed by atoms with Crippen molar-refractivity contribution in [2.75, 3.05) is 10.6 Å². The van der Waals surface area contributed by atoms with Crippen LogP contribution in [-0.2, 0) is 16.1 Å². The summed E-state index contributed by atoms with van der Waals surface area (Å²) in [5.41, 5.74) is 2.09. The Hall–Kier alpha value is -2.83. The zero-order valence-corrected chi connectivity index (χ0v) is 15.2. The number of carbonyl (C=O) groups excluding carboxylic acids is 2. The predicted octanol–water partition coefficient (Wildman–Crippen LogP) is 3.55. The van der Waals surface area contributed by atoms with Gasteiger partial charge >= 0.3 is 6.09 Å². The molecule has 1 aromatic heterocycles. The monoisotopic (exact) mass is 344 g/mol. The zero-order valence-electron chi connectivity index (χ0n) is 15.2. The lowest BCUT2D eigenvalue weighted by atomic mass is 10.1. The Labute approximate surface area is 147 Å². The predicted molar refractivity (Wildman–Crippen MR) is 96.7 cm³/mol. The second kappa shape index (κ2) is 7.38. The molecular formula is C18H24N4O3. The van der Waals surface area contributed by atoms with Crippen LogP contribution in [-0.4, -0.2) is 27.4 Å². The molecule has 0 saturated carbocycles. The van der Waals surface area contributed by atoms with Crippen LogP contribution in [0, 0.1) is 6.92 Å². The fourth-order valence-corrected chi connectivity index (χ4v) is 2.28. The molecule has 25 heavy (non-hydrogen) atoms. The molecule has 2 amide bonds. The van der Waals surface area contributed by atoms with Crippen molar-refractivity contribution in [3.05, 3.63) is 41.6 Å². The number of carbonyl (C=O) groups is 2. The van der Waals surface area contributed by atoms with Gasteiger partial charge in [-0.1, -0.05) is 12.1 Å². The fraction of sp³-hybridized carbons (Fsp3) is 0.389. The smallest absolute Gasteiger partial charge is 0.412 e. The number of ether oxygens (including phenoxy) is 1. The fourth-order valence-electron chi connectivity index (χ4n) is 2.28. The van der Waals surface area contributed by atoms with Crippen LogP contribution in [0.4, 0.5) is 16.3 Å². The Bertz CT molecular complexity index is 775. The number of nitrogens with one attached hydrogen (secondary N) is 2. The van der Waals surface area contributed by atoms with Crippen molar-refractivity contribution < 1.29 is 14.3 Å². The average molecular weight is 344 g/mol. The van der Waals surface area contributed by atoms with Gasteiger partial charge in [0.15, 0.2) is 5.82 Å². The molecule has 7 nitrogen and oxygen atoms in total. The molecule has 0 fully saturated rings. The molecule has 0 saturated heterocycles. The topological polar surface area (TPSA) is 85.2 Å². The average Bonchev–Trinajstić information content (AvgIpc) is 2.87. The second-order valence-electron chi connectivity index (χ2n) is 6.80. The van der Waals surface area contributed by atoms with Gasteiger partial charge in [0.05, 0.1) is 6.54 Å². The highest BCUT2D eigenvalue weighted by atomic mass is 16.6. The van der Waals surface area contributed by atoms with Gasteiger partial charge in [-0.05, 0) is 44.9 Å². The van der Waals surface area contributed by atoms with E-state index in [1.54, 1.807) is 16.9 Å². The molecule has 0 unspecified atom stereocenters. The van der Waals surface area contributed by atoms with Gasteiger partial charge in [-0.3, -0.25) is 14.8 Å². The number of amides is 2. The van der Waals surface area contributed by atoms with Crippen LogP contribution in [0.2, 0.25) is 0 Å². The quantitative estimate of drug-likeness (QED) is 0.888. The van der Waals surface area contributed by atoms with Crippen LogP contribution >= 0.6 is 0 Å². The third-order valence-electron chi connectivity index (χ3n) is 3.36. The summed E-state index contributed by atoms with van der Waals surface area (Å²) >= 11 is 0. The molecular weight excluding hydrogens is 320 g/mol. The molecule has 2 aromatic rings. The lowest BCUT2D eigenvalue weighted by molar-refractivity contribution is -0.114. The Kier molecular flexibility index (Phi) is 5.46. The number of rotatable bonds is 4. The molecule has 0 bridgehead atoms. The van der Waals surface area contributed by atoms with Gasteiger partial charge in [0.2, 0.25) is 5.91 Å². The minimum absolute atomic E-state index is 0.162. The maximum atomic E-state index is 12.0. The third kappa shape index (κ3) is 5.63. The largest absolute Gasteiger partial charge is 0.444 e. The molecule has 0 aliphatic rings. The Morgan fingerprint density at radius 3 is 2.56 bits per heavy atom. The lowest BCUT2D eigenvalue weighted by Gasteiger charge is -2.20. The summed E-state index contributed by atoms with van der Waals surface area (Å²) < 4.78 is 7.01. The highest BCUT2D eigenvalue weighted by Crippen LogP contribution is 2.21. The van der Waals surface area contributed by atoms with Gasteiger partial charge in [-0.25, -0.2) is 4.79 Å². The number of benzene rings is 1. The molecule has 0 spiro atoms. The maximum absolute atomic E-state index is 12.0. The molecule has 2 N–H and O–H groups in total. The first kappa shape index (κ1) is 18.5. The van der Waals surface area contributed by atoms with Crippen LogP contribution in [0.3, 0.4) is 0 Å². The van der Waals surface area contributed by atoms with Crippen molar-refractivity contribution in [1.82, 2.24) is 9.78 Å². The van der Waals surface area contributed by atoms with Gasteiger partial charge < -0.3 is 10.1 Å².